The van der Waals surface area contributed by atoms with Gasteiger partial charge in [0.15, 0.2) is 11.6 Å². The number of halogens is 2. The Hall–Kier alpha value is -7.99. The molecule has 0 radical (unpaired) electrons. The number of hydrogen-bond acceptors (Lipinski definition) is 2. The Morgan fingerprint density at radius 1 is 0.298 bits per heavy atom. The van der Waals surface area contributed by atoms with Crippen molar-refractivity contribution in [3.8, 4) is 44.5 Å². The largest absolute Gasteiger partial charge is 0.307 e. The van der Waals surface area contributed by atoms with E-state index in [1.54, 1.807) is 24.3 Å². The highest BCUT2D eigenvalue weighted by Crippen LogP contribution is 2.51. The molecule has 12 aromatic rings. The van der Waals surface area contributed by atoms with Crippen molar-refractivity contribution in [3.05, 3.63) is 242 Å². The summed E-state index contributed by atoms with van der Waals surface area (Å²) in [5.74, 6) is -1.32. The van der Waals surface area contributed by atoms with Gasteiger partial charge in [-0.15, -0.1) is 0 Å². The summed E-state index contributed by atoms with van der Waals surface area (Å²) in [6.07, 6.45) is 0. The molecule has 0 spiro atoms. The summed E-state index contributed by atoms with van der Waals surface area (Å²) in [6, 6.07) is 48.2. The van der Waals surface area contributed by atoms with Crippen LogP contribution in [0.15, 0.2) is 230 Å². The van der Waals surface area contributed by atoms with E-state index in [4.69, 9.17) is 8.22 Å². The van der Waals surface area contributed by atoms with E-state index in [0.29, 0.717) is 54.9 Å². The summed E-state index contributed by atoms with van der Waals surface area (Å²) in [5, 5.41) is 7.98. The second-order valence-corrected chi connectivity index (χ2v) is 46.2. The van der Waals surface area contributed by atoms with E-state index in [0.717, 1.165) is 42.6 Å². The number of benzene rings is 12. The molecule has 0 aliphatic carbocycles. The zero-order chi connectivity index (χ0) is 67.7. The molecule has 0 saturated heterocycles. The zero-order valence-corrected chi connectivity index (χ0v) is 53.8. The van der Waals surface area contributed by atoms with Crippen LogP contribution in [-0.4, -0.2) is 32.3 Å². The van der Waals surface area contributed by atoms with E-state index >= 15 is 8.78 Å². The summed E-state index contributed by atoms with van der Waals surface area (Å²) in [6.45, 7) is 26.8. The van der Waals surface area contributed by atoms with Crippen molar-refractivity contribution >= 4 is 119 Å². The van der Waals surface area contributed by atoms with Gasteiger partial charge < -0.3 is 9.80 Å². The Balaban J connectivity index is 1.20. The van der Waals surface area contributed by atoms with E-state index in [2.05, 4.69) is 103 Å². The number of rotatable bonds is 14. The molecule has 0 unspecified atom stereocenters. The fourth-order valence-electron chi connectivity index (χ4n) is 12.5. The van der Waals surface area contributed by atoms with Crippen LogP contribution in [0.25, 0.3) is 76.8 Å². The van der Waals surface area contributed by atoms with Crippen molar-refractivity contribution in [3.63, 3.8) is 0 Å². The molecule has 0 heterocycles. The minimum Gasteiger partial charge on any atom is -0.307 e. The molecule has 418 valence electrons. The maximum Gasteiger partial charge on any atom is 0.155 e. The molecular weight excluding hydrogens is 1090 g/mol. The minimum atomic E-state index is -2.24. The van der Waals surface area contributed by atoms with Gasteiger partial charge in [-0.05, 0) is 103 Å². The Morgan fingerprint density at radius 3 is 0.917 bits per heavy atom. The molecule has 84 heavy (non-hydrogen) atoms. The number of hydrogen-bond donors (Lipinski definition) is 0. The molecule has 0 amide bonds. The van der Waals surface area contributed by atoms with Crippen LogP contribution in [-0.2, 0) is 0 Å². The number of anilines is 6. The fraction of sp³-hybridized carbons (Fsp3) is 0.158. The van der Waals surface area contributed by atoms with Gasteiger partial charge in [-0.25, -0.2) is 8.78 Å². The topological polar surface area (TPSA) is 6.48 Å². The van der Waals surface area contributed by atoms with Gasteiger partial charge >= 0.3 is 0 Å². The lowest BCUT2D eigenvalue weighted by molar-refractivity contribution is 0.632. The van der Waals surface area contributed by atoms with Crippen LogP contribution in [0.4, 0.5) is 42.9 Å². The average molecular weight is 1180 g/mol. The van der Waals surface area contributed by atoms with Crippen LogP contribution >= 0.6 is 0 Å². The SMILES string of the molecule is [2H]c1c([2H])c([2H])c(N(c2ccc(-c3ccccc3[Si](C)(C)C)c(-c3ccccc3[Si](C)(C)C)c2F)c2ccc3ccc4c(N(c5ccc(-c6ccccc6[Si](C)(C)C)c(-c6ccccc6[Si](C)(C)C)c5F)c5c([2H])c([2H])c([2H])c([2H])c5[2H])ccc5ccc2c3c54)c([2H])c1[2H]. The summed E-state index contributed by atoms with van der Waals surface area (Å²) >= 11 is 0. The van der Waals surface area contributed by atoms with Crippen LogP contribution in [0.3, 0.4) is 0 Å². The molecule has 0 bridgehead atoms. The fourth-order valence-corrected chi connectivity index (χ4v) is 19.0. The van der Waals surface area contributed by atoms with Gasteiger partial charge in [-0.1, -0.05) is 281 Å². The minimum absolute atomic E-state index is 0.0610. The van der Waals surface area contributed by atoms with Gasteiger partial charge in [0.2, 0.25) is 0 Å². The third-order valence-electron chi connectivity index (χ3n) is 16.3. The Bertz CT molecular complexity index is 4720. The maximum absolute atomic E-state index is 19.5. The summed E-state index contributed by atoms with van der Waals surface area (Å²) in [7, 11) is -8.68. The van der Waals surface area contributed by atoms with Crippen molar-refractivity contribution < 1.29 is 22.5 Å². The Kier molecular flexibility index (Phi) is 11.7. The van der Waals surface area contributed by atoms with Gasteiger partial charge in [0.1, 0.15) is 0 Å². The van der Waals surface area contributed by atoms with Gasteiger partial charge in [-0.3, -0.25) is 0 Å². The van der Waals surface area contributed by atoms with E-state index in [-0.39, 0.29) is 34.1 Å². The predicted molar refractivity (Wildman–Crippen MR) is 373 cm³/mol. The van der Waals surface area contributed by atoms with Crippen LogP contribution in [0, 0.1) is 11.6 Å². The summed E-state index contributed by atoms with van der Waals surface area (Å²) in [4.78, 5) is 2.93. The quantitative estimate of drug-likeness (QED) is 0.0791. The summed E-state index contributed by atoms with van der Waals surface area (Å²) < 4.78 is 132. The standard InChI is InChI=1S/C76H74F2N2Si4/c1-81(2,3)67-35-23-19-31-55(67)57-45-49-65(75(77)73(57)61-33-21-25-37-69(61)83(7,8)9)79(53-27-15-13-16-28-53)63-47-41-51-40-44-60-64(48-42-52-39-43-59(63)71(51)72(52)60)80(54-29-17-14-18-30-54)66-50-46-58(56-32-20-24-36-68(56)82(4,5)6)74(76(66)78)62-34-22-26-38-70(62)84(10,11)12/h13-50H,1-12H3/i13D,14D,15D,16D,17D,18D,27D,28D,29D,30D. The lowest BCUT2D eigenvalue weighted by atomic mass is 9.90. The van der Waals surface area contributed by atoms with Crippen molar-refractivity contribution in [1.82, 2.24) is 0 Å². The van der Waals surface area contributed by atoms with Crippen LogP contribution in [0.5, 0.6) is 0 Å². The smallest absolute Gasteiger partial charge is 0.155 e. The second-order valence-electron chi connectivity index (χ2n) is 26.0. The third-order valence-corrected chi connectivity index (χ3v) is 24.5. The Labute approximate surface area is 514 Å². The molecule has 8 heteroatoms. The van der Waals surface area contributed by atoms with Crippen molar-refractivity contribution in [2.75, 3.05) is 9.80 Å². The van der Waals surface area contributed by atoms with Gasteiger partial charge in [-0.2, -0.15) is 0 Å². The lowest BCUT2D eigenvalue weighted by Gasteiger charge is -2.31. The molecule has 0 saturated carbocycles. The Morgan fingerprint density at radius 2 is 0.583 bits per heavy atom. The zero-order valence-electron chi connectivity index (χ0n) is 59.8. The van der Waals surface area contributed by atoms with Crippen LogP contribution < -0.4 is 30.5 Å². The first-order valence-corrected chi connectivity index (χ1v) is 42.7. The number of nitrogens with zero attached hydrogens (tertiary/aromatic N) is 2. The van der Waals surface area contributed by atoms with E-state index in [9.17, 15) is 5.48 Å². The first-order chi connectivity index (χ1) is 44.2. The van der Waals surface area contributed by atoms with Crippen molar-refractivity contribution in [2.24, 2.45) is 0 Å². The van der Waals surface area contributed by atoms with Gasteiger partial charge in [0, 0.05) is 33.3 Å². The van der Waals surface area contributed by atoms with Gasteiger partial charge in [0.05, 0.1) is 68.8 Å². The first-order valence-electron chi connectivity index (χ1n) is 33.7. The van der Waals surface area contributed by atoms with Crippen molar-refractivity contribution in [2.45, 2.75) is 78.6 Å². The molecule has 12 aromatic carbocycles. The van der Waals surface area contributed by atoms with Crippen molar-refractivity contribution in [1.29, 1.82) is 0 Å². The highest BCUT2D eigenvalue weighted by molar-refractivity contribution is 6.91. The van der Waals surface area contributed by atoms with Crippen LogP contribution in [0.1, 0.15) is 13.7 Å². The average Bonchev–Trinajstić information content (AvgIpc) is 0.717. The normalized spacial score (nSPS) is 14.1. The highest BCUT2D eigenvalue weighted by Gasteiger charge is 2.33. The number of para-hydroxylation sites is 2. The molecule has 0 aromatic heterocycles. The van der Waals surface area contributed by atoms with E-state index in [1.807, 2.05) is 121 Å². The molecule has 0 aliphatic rings. The molecule has 2 nitrogen and oxygen atoms in total. The lowest BCUT2D eigenvalue weighted by Crippen LogP contribution is -2.40. The monoisotopic (exact) mass is 1170 g/mol. The predicted octanol–water partition coefficient (Wildman–Crippen LogP) is 20.7. The van der Waals surface area contributed by atoms with E-state index in [1.165, 1.54) is 9.80 Å². The molecule has 0 atom stereocenters. The highest BCUT2D eigenvalue weighted by atomic mass is 28.3. The molecule has 0 N–H and O–H groups in total. The third kappa shape index (κ3) is 10.1. The van der Waals surface area contributed by atoms with Gasteiger partial charge in [0.25, 0.3) is 0 Å². The van der Waals surface area contributed by atoms with Crippen LogP contribution in [0.2, 0.25) is 78.6 Å². The maximum atomic E-state index is 19.5. The molecule has 0 aliphatic heterocycles. The van der Waals surface area contributed by atoms with E-state index < -0.39 is 104 Å². The first kappa shape index (κ1) is 45.4. The molecule has 0 fully saturated rings. The second kappa shape index (κ2) is 21.6. The molecular formula is C76H74F2N2Si4. The summed E-state index contributed by atoms with van der Waals surface area (Å²) in [5.41, 5.74) is 5.04. The molecule has 12 rings (SSSR count).